The highest BCUT2D eigenvalue weighted by Gasteiger charge is 2.27. The molecule has 7 heteroatoms. The van der Waals surface area contributed by atoms with Gasteiger partial charge in [0.25, 0.3) is 15.9 Å². The molecule has 0 fully saturated rings. The number of hydrogen-bond acceptors (Lipinski definition) is 4. The summed E-state index contributed by atoms with van der Waals surface area (Å²) in [7, 11) is -2.17. The lowest BCUT2D eigenvalue weighted by atomic mass is 10.1. The molecular formula is C23H22N2O4S. The lowest BCUT2D eigenvalue weighted by Crippen LogP contribution is -2.25. The molecule has 3 aromatic carbocycles. The minimum Gasteiger partial charge on any atom is -0.454 e. The number of rotatable bonds is 3. The summed E-state index contributed by atoms with van der Waals surface area (Å²) in [6, 6.07) is 15.6. The van der Waals surface area contributed by atoms with Crippen LogP contribution in [-0.4, -0.2) is 21.4 Å². The van der Waals surface area contributed by atoms with Crippen molar-refractivity contribution in [3.63, 3.8) is 0 Å². The second kappa shape index (κ2) is 7.18. The molecule has 154 valence electrons. The Labute approximate surface area is 176 Å². The van der Waals surface area contributed by atoms with E-state index in [4.69, 9.17) is 4.74 Å². The first-order chi connectivity index (χ1) is 14.2. The Hall–Kier alpha value is -3.32. The zero-order chi connectivity index (χ0) is 21.6. The largest absolute Gasteiger partial charge is 0.454 e. The second-order valence-electron chi connectivity index (χ2n) is 7.48. The smallest absolute Gasteiger partial charge is 0.262 e. The van der Waals surface area contributed by atoms with Crippen molar-refractivity contribution in [2.45, 2.75) is 25.7 Å². The molecule has 0 aromatic heterocycles. The van der Waals surface area contributed by atoms with Crippen LogP contribution in [0.1, 0.15) is 27.0 Å². The number of fused-ring (bicyclic) bond motifs is 2. The molecule has 1 aliphatic rings. The minimum atomic E-state index is -3.83. The summed E-state index contributed by atoms with van der Waals surface area (Å²) in [6.45, 7) is 5.47. The first kappa shape index (κ1) is 20.0. The first-order valence-electron chi connectivity index (χ1n) is 9.47. The van der Waals surface area contributed by atoms with Crippen molar-refractivity contribution < 1.29 is 17.9 Å². The summed E-state index contributed by atoms with van der Waals surface area (Å²) >= 11 is 0. The average Bonchev–Trinajstić information content (AvgIpc) is 2.76. The van der Waals surface area contributed by atoms with Crippen molar-refractivity contribution in [2.75, 3.05) is 16.7 Å². The molecule has 30 heavy (non-hydrogen) atoms. The van der Waals surface area contributed by atoms with E-state index in [9.17, 15) is 13.2 Å². The molecular weight excluding hydrogens is 400 g/mol. The van der Waals surface area contributed by atoms with Crippen LogP contribution in [0.3, 0.4) is 0 Å². The molecule has 1 amide bonds. The van der Waals surface area contributed by atoms with Gasteiger partial charge < -0.3 is 9.64 Å². The monoisotopic (exact) mass is 422 g/mol. The van der Waals surface area contributed by atoms with Crippen LogP contribution >= 0.6 is 0 Å². The van der Waals surface area contributed by atoms with Crippen LogP contribution in [0.4, 0.5) is 11.4 Å². The van der Waals surface area contributed by atoms with E-state index >= 15 is 0 Å². The van der Waals surface area contributed by atoms with E-state index in [0.29, 0.717) is 34.0 Å². The molecule has 0 unspecified atom stereocenters. The van der Waals surface area contributed by atoms with Gasteiger partial charge in [0, 0.05) is 12.7 Å². The number of anilines is 2. The summed E-state index contributed by atoms with van der Waals surface area (Å²) < 4.78 is 34.7. The van der Waals surface area contributed by atoms with Crippen molar-refractivity contribution in [1.82, 2.24) is 0 Å². The summed E-state index contributed by atoms with van der Waals surface area (Å²) in [5.41, 5.74) is 3.57. The van der Waals surface area contributed by atoms with Gasteiger partial charge in [0.1, 0.15) is 5.75 Å². The highest BCUT2D eigenvalue weighted by Crippen LogP contribution is 2.39. The Kier molecular flexibility index (Phi) is 4.78. The van der Waals surface area contributed by atoms with Gasteiger partial charge in [-0.3, -0.25) is 9.52 Å². The van der Waals surface area contributed by atoms with Crippen LogP contribution < -0.4 is 14.4 Å². The Morgan fingerprint density at radius 2 is 1.57 bits per heavy atom. The van der Waals surface area contributed by atoms with Crippen LogP contribution in [0.15, 0.2) is 59.5 Å². The molecule has 6 nitrogen and oxygen atoms in total. The molecule has 0 saturated heterocycles. The number of sulfonamides is 1. The molecule has 0 spiro atoms. The number of ether oxygens (including phenoxy) is 1. The topological polar surface area (TPSA) is 75.7 Å². The first-order valence-corrected chi connectivity index (χ1v) is 11.0. The number of nitrogens with zero attached hydrogens (tertiary/aromatic N) is 1. The lowest BCUT2D eigenvalue weighted by Gasteiger charge is -2.16. The third kappa shape index (κ3) is 3.41. The Bertz CT molecular complexity index is 1260. The molecule has 1 N–H and O–H groups in total. The number of hydrogen-bond donors (Lipinski definition) is 1. The van der Waals surface area contributed by atoms with Gasteiger partial charge in [-0.1, -0.05) is 29.8 Å². The normalized spacial score (nSPS) is 13.2. The standard InChI is InChI=1S/C23H22N2O4S/c1-14-11-15(2)22(16(3)12-14)30(27,28)24-17-9-10-20-18(13-17)23(26)25(4)19-7-5-6-8-21(19)29-20/h5-13,24H,1-4H3. The van der Waals surface area contributed by atoms with E-state index in [2.05, 4.69) is 4.72 Å². The van der Waals surface area contributed by atoms with Gasteiger partial charge in [0.15, 0.2) is 5.75 Å². The molecule has 4 rings (SSSR count). The molecule has 0 radical (unpaired) electrons. The summed E-state index contributed by atoms with van der Waals surface area (Å²) in [4.78, 5) is 14.7. The summed E-state index contributed by atoms with van der Waals surface area (Å²) in [5, 5.41) is 0. The zero-order valence-corrected chi connectivity index (χ0v) is 18.0. The molecule has 0 atom stereocenters. The lowest BCUT2D eigenvalue weighted by molar-refractivity contribution is 0.0993. The molecule has 0 aliphatic carbocycles. The predicted molar refractivity (Wildman–Crippen MR) is 117 cm³/mol. The van der Waals surface area contributed by atoms with E-state index in [1.807, 2.05) is 31.2 Å². The molecule has 1 aliphatic heterocycles. The number of benzene rings is 3. The predicted octanol–water partition coefficient (Wildman–Crippen LogP) is 4.79. The average molecular weight is 423 g/mol. The van der Waals surface area contributed by atoms with Gasteiger partial charge >= 0.3 is 0 Å². The van der Waals surface area contributed by atoms with E-state index in [1.165, 1.54) is 11.0 Å². The second-order valence-corrected chi connectivity index (χ2v) is 9.10. The number of amides is 1. The van der Waals surface area contributed by atoms with Gasteiger partial charge in [-0.05, 0) is 62.2 Å². The van der Waals surface area contributed by atoms with Crippen LogP contribution in [0, 0.1) is 20.8 Å². The van der Waals surface area contributed by atoms with Crippen LogP contribution in [0.5, 0.6) is 11.5 Å². The Balaban J connectivity index is 1.73. The van der Waals surface area contributed by atoms with Gasteiger partial charge in [0.05, 0.1) is 16.1 Å². The van der Waals surface area contributed by atoms with Crippen molar-refractivity contribution in [1.29, 1.82) is 0 Å². The van der Waals surface area contributed by atoms with Gasteiger partial charge in [-0.2, -0.15) is 0 Å². The number of carbonyl (C=O) groups excluding carboxylic acids is 1. The van der Waals surface area contributed by atoms with Gasteiger partial charge in [-0.15, -0.1) is 0 Å². The summed E-state index contributed by atoms with van der Waals surface area (Å²) in [5.74, 6) is 0.660. The molecule has 1 heterocycles. The Morgan fingerprint density at radius 1 is 0.900 bits per heavy atom. The zero-order valence-electron chi connectivity index (χ0n) is 17.2. The quantitative estimate of drug-likeness (QED) is 0.658. The SMILES string of the molecule is Cc1cc(C)c(S(=O)(=O)Nc2ccc3c(c2)C(=O)N(C)c2ccccc2O3)c(C)c1. The number of aryl methyl sites for hydroxylation is 3. The maximum atomic E-state index is 13.1. The molecule has 3 aromatic rings. The maximum absolute atomic E-state index is 13.1. The third-order valence-electron chi connectivity index (χ3n) is 5.09. The maximum Gasteiger partial charge on any atom is 0.262 e. The van der Waals surface area contributed by atoms with Crippen LogP contribution in [-0.2, 0) is 10.0 Å². The fourth-order valence-electron chi connectivity index (χ4n) is 3.88. The van der Waals surface area contributed by atoms with E-state index in [-0.39, 0.29) is 16.4 Å². The summed E-state index contributed by atoms with van der Waals surface area (Å²) in [6.07, 6.45) is 0. The fourth-order valence-corrected chi connectivity index (χ4v) is 5.38. The highest BCUT2D eigenvalue weighted by atomic mass is 32.2. The van der Waals surface area contributed by atoms with E-state index in [0.717, 1.165) is 5.56 Å². The van der Waals surface area contributed by atoms with Crippen molar-refractivity contribution >= 4 is 27.3 Å². The minimum absolute atomic E-state index is 0.246. The molecule has 0 saturated carbocycles. The Morgan fingerprint density at radius 3 is 2.27 bits per heavy atom. The highest BCUT2D eigenvalue weighted by molar-refractivity contribution is 7.92. The van der Waals surface area contributed by atoms with Gasteiger partial charge in [0.2, 0.25) is 0 Å². The molecule has 0 bridgehead atoms. The van der Waals surface area contributed by atoms with Crippen LogP contribution in [0.25, 0.3) is 0 Å². The van der Waals surface area contributed by atoms with E-state index < -0.39 is 10.0 Å². The number of carbonyl (C=O) groups is 1. The fraction of sp³-hybridized carbons (Fsp3) is 0.174. The number of para-hydroxylation sites is 2. The number of nitrogens with one attached hydrogen (secondary N) is 1. The van der Waals surface area contributed by atoms with E-state index in [1.54, 1.807) is 45.2 Å². The van der Waals surface area contributed by atoms with Crippen LogP contribution in [0.2, 0.25) is 0 Å². The third-order valence-corrected chi connectivity index (χ3v) is 6.77. The van der Waals surface area contributed by atoms with Crippen molar-refractivity contribution in [2.24, 2.45) is 0 Å². The van der Waals surface area contributed by atoms with Gasteiger partial charge in [-0.25, -0.2) is 8.42 Å². The van der Waals surface area contributed by atoms with Crippen molar-refractivity contribution in [3.8, 4) is 11.5 Å². The van der Waals surface area contributed by atoms with Crippen molar-refractivity contribution in [3.05, 3.63) is 76.9 Å².